The second-order valence-corrected chi connectivity index (χ2v) is 5.29. The number of nitrogens with two attached hydrogens (primary N) is 1. The van der Waals surface area contributed by atoms with Crippen molar-refractivity contribution in [3.05, 3.63) is 35.4 Å². The Morgan fingerprint density at radius 3 is 2.55 bits per heavy atom. The summed E-state index contributed by atoms with van der Waals surface area (Å²) < 4.78 is 0. The molecule has 0 aromatic heterocycles. The van der Waals surface area contributed by atoms with Crippen molar-refractivity contribution in [2.45, 2.75) is 45.1 Å². The number of hydrogen-bond donors (Lipinski definition) is 1. The highest BCUT2D eigenvalue weighted by atomic mass is 35.5. The molecule has 0 radical (unpaired) electrons. The summed E-state index contributed by atoms with van der Waals surface area (Å²) in [4.78, 5) is 14.1. The second kappa shape index (κ2) is 8.98. The van der Waals surface area contributed by atoms with Crippen molar-refractivity contribution in [1.82, 2.24) is 4.90 Å². The minimum atomic E-state index is 0. The highest BCUT2D eigenvalue weighted by molar-refractivity contribution is 5.85. The van der Waals surface area contributed by atoms with Gasteiger partial charge in [-0.3, -0.25) is 4.79 Å². The predicted octanol–water partition coefficient (Wildman–Crippen LogP) is 2.90. The highest BCUT2D eigenvalue weighted by Crippen LogP contribution is 2.19. The van der Waals surface area contributed by atoms with Crippen molar-refractivity contribution in [1.29, 1.82) is 0 Å². The van der Waals surface area contributed by atoms with Crippen molar-refractivity contribution in [3.63, 3.8) is 0 Å². The molecule has 0 unspecified atom stereocenters. The van der Waals surface area contributed by atoms with E-state index >= 15 is 0 Å². The summed E-state index contributed by atoms with van der Waals surface area (Å²) in [5.41, 5.74) is 8.17. The monoisotopic (exact) mass is 296 g/mol. The fourth-order valence-corrected chi connectivity index (χ4v) is 2.64. The molecule has 1 aromatic carbocycles. The van der Waals surface area contributed by atoms with E-state index in [-0.39, 0.29) is 12.4 Å². The fourth-order valence-electron chi connectivity index (χ4n) is 2.64. The Labute approximate surface area is 127 Å². The van der Waals surface area contributed by atoms with Crippen LogP contribution in [0.1, 0.15) is 43.2 Å². The molecule has 0 spiro atoms. The Bertz CT molecular complexity index is 423. The zero-order valence-corrected chi connectivity index (χ0v) is 12.8. The average Bonchev–Trinajstić information content (AvgIpc) is 2.46. The van der Waals surface area contributed by atoms with Crippen LogP contribution >= 0.6 is 12.4 Å². The lowest BCUT2D eigenvalue weighted by molar-refractivity contribution is -0.132. The number of halogens is 1. The van der Waals surface area contributed by atoms with E-state index in [1.54, 1.807) is 0 Å². The summed E-state index contributed by atoms with van der Waals surface area (Å²) in [6, 6.07) is 8.44. The summed E-state index contributed by atoms with van der Waals surface area (Å²) in [5, 5.41) is 0. The third-order valence-corrected chi connectivity index (χ3v) is 3.83. The largest absolute Gasteiger partial charge is 0.338 e. The van der Waals surface area contributed by atoms with Gasteiger partial charge in [0, 0.05) is 19.5 Å². The van der Waals surface area contributed by atoms with Gasteiger partial charge in [-0.2, -0.15) is 0 Å². The van der Waals surface area contributed by atoms with E-state index in [4.69, 9.17) is 5.73 Å². The molecule has 0 fully saturated rings. The van der Waals surface area contributed by atoms with Crippen LogP contribution in [-0.4, -0.2) is 23.9 Å². The summed E-state index contributed by atoms with van der Waals surface area (Å²) in [6.45, 7) is 2.42. The van der Waals surface area contributed by atoms with Crippen molar-refractivity contribution in [2.24, 2.45) is 5.73 Å². The zero-order valence-electron chi connectivity index (χ0n) is 12.0. The van der Waals surface area contributed by atoms with E-state index in [1.165, 1.54) is 11.1 Å². The lowest BCUT2D eigenvalue weighted by Crippen LogP contribution is -2.35. The Kier molecular flexibility index (Phi) is 7.63. The van der Waals surface area contributed by atoms with Gasteiger partial charge in [-0.25, -0.2) is 0 Å². The van der Waals surface area contributed by atoms with Crippen molar-refractivity contribution < 1.29 is 4.79 Å². The van der Waals surface area contributed by atoms with Gasteiger partial charge in [-0.05, 0) is 36.9 Å². The maximum atomic E-state index is 12.1. The number of unbranched alkanes of at least 4 members (excludes halogenated alkanes) is 3. The number of carbonyl (C=O) groups excluding carboxylic acids is 1. The molecule has 1 aromatic rings. The molecule has 3 nitrogen and oxygen atoms in total. The molecule has 0 atom stereocenters. The van der Waals surface area contributed by atoms with E-state index in [0.717, 1.165) is 51.7 Å². The lowest BCUT2D eigenvalue weighted by atomic mass is 9.99. The maximum absolute atomic E-state index is 12.1. The minimum absolute atomic E-state index is 0. The van der Waals surface area contributed by atoms with Crippen LogP contribution in [0.5, 0.6) is 0 Å². The van der Waals surface area contributed by atoms with Gasteiger partial charge < -0.3 is 10.6 Å². The van der Waals surface area contributed by atoms with Crippen LogP contribution in [0.15, 0.2) is 24.3 Å². The van der Waals surface area contributed by atoms with Gasteiger partial charge in [0.2, 0.25) is 5.91 Å². The molecule has 1 aliphatic rings. The predicted molar refractivity (Wildman–Crippen MR) is 85.0 cm³/mol. The number of benzene rings is 1. The number of carbonyl (C=O) groups is 1. The molecule has 112 valence electrons. The Hall–Kier alpha value is -1.06. The number of hydrogen-bond acceptors (Lipinski definition) is 2. The minimum Gasteiger partial charge on any atom is -0.338 e. The van der Waals surface area contributed by atoms with Crippen LogP contribution < -0.4 is 5.73 Å². The molecule has 4 heteroatoms. The van der Waals surface area contributed by atoms with Gasteiger partial charge in [-0.15, -0.1) is 12.4 Å². The third kappa shape index (κ3) is 4.80. The third-order valence-electron chi connectivity index (χ3n) is 3.83. The van der Waals surface area contributed by atoms with Gasteiger partial charge in [-0.1, -0.05) is 37.1 Å². The normalized spacial score (nSPS) is 13.6. The van der Waals surface area contributed by atoms with Gasteiger partial charge >= 0.3 is 0 Å². The maximum Gasteiger partial charge on any atom is 0.222 e. The average molecular weight is 297 g/mol. The summed E-state index contributed by atoms with van der Waals surface area (Å²) in [5.74, 6) is 0.308. The standard InChI is InChI=1S/C16H24N2O.ClH/c17-11-6-2-1-3-9-16(19)18-12-10-14-7-4-5-8-15(14)13-18;/h4-5,7-8H,1-3,6,9-13,17H2;1H. The van der Waals surface area contributed by atoms with E-state index in [2.05, 4.69) is 24.3 Å². The molecule has 2 rings (SSSR count). The first kappa shape index (κ1) is 17.0. The molecule has 1 heterocycles. The SMILES string of the molecule is Cl.NCCCCCCC(=O)N1CCc2ccccc2C1. The summed E-state index contributed by atoms with van der Waals surface area (Å²) >= 11 is 0. The molecular formula is C16H25ClN2O. The molecule has 1 aliphatic heterocycles. The Balaban J connectivity index is 0.00000200. The molecule has 0 aliphatic carbocycles. The van der Waals surface area contributed by atoms with E-state index in [9.17, 15) is 4.79 Å². The van der Waals surface area contributed by atoms with Gasteiger partial charge in [0.1, 0.15) is 0 Å². The summed E-state index contributed by atoms with van der Waals surface area (Å²) in [6.07, 6.45) is 6.02. The zero-order chi connectivity index (χ0) is 13.5. The first-order valence-corrected chi connectivity index (χ1v) is 7.36. The van der Waals surface area contributed by atoms with E-state index in [1.807, 2.05) is 4.90 Å². The molecule has 0 saturated heterocycles. The van der Waals surface area contributed by atoms with Crippen LogP contribution in [0.4, 0.5) is 0 Å². The molecule has 0 saturated carbocycles. The van der Waals surface area contributed by atoms with Crippen molar-refractivity contribution >= 4 is 18.3 Å². The fraction of sp³-hybridized carbons (Fsp3) is 0.562. The van der Waals surface area contributed by atoms with Crippen molar-refractivity contribution in [2.75, 3.05) is 13.1 Å². The van der Waals surface area contributed by atoms with E-state index in [0.29, 0.717) is 12.3 Å². The van der Waals surface area contributed by atoms with Gasteiger partial charge in [0.15, 0.2) is 0 Å². The molecule has 1 amide bonds. The number of rotatable bonds is 6. The van der Waals surface area contributed by atoms with Gasteiger partial charge in [0.05, 0.1) is 0 Å². The second-order valence-electron chi connectivity index (χ2n) is 5.29. The topological polar surface area (TPSA) is 46.3 Å². The molecule has 0 bridgehead atoms. The van der Waals surface area contributed by atoms with Crippen LogP contribution in [0.25, 0.3) is 0 Å². The highest BCUT2D eigenvalue weighted by Gasteiger charge is 2.19. The number of fused-ring (bicyclic) bond motifs is 1. The van der Waals surface area contributed by atoms with Gasteiger partial charge in [0.25, 0.3) is 0 Å². The lowest BCUT2D eigenvalue weighted by Gasteiger charge is -2.29. The quantitative estimate of drug-likeness (QED) is 0.821. The summed E-state index contributed by atoms with van der Waals surface area (Å²) in [7, 11) is 0. The number of nitrogens with zero attached hydrogens (tertiary/aromatic N) is 1. The molecule has 2 N–H and O–H groups in total. The Morgan fingerprint density at radius 1 is 1.10 bits per heavy atom. The first-order valence-electron chi connectivity index (χ1n) is 7.36. The van der Waals surface area contributed by atoms with Crippen LogP contribution in [-0.2, 0) is 17.8 Å². The molecular weight excluding hydrogens is 272 g/mol. The Morgan fingerprint density at radius 2 is 1.80 bits per heavy atom. The first-order chi connectivity index (χ1) is 9.31. The van der Waals surface area contributed by atoms with Crippen molar-refractivity contribution in [3.8, 4) is 0 Å². The van der Waals surface area contributed by atoms with Crippen LogP contribution in [0, 0.1) is 0 Å². The van der Waals surface area contributed by atoms with Crippen LogP contribution in [0.2, 0.25) is 0 Å². The van der Waals surface area contributed by atoms with E-state index < -0.39 is 0 Å². The number of amides is 1. The molecule has 20 heavy (non-hydrogen) atoms. The van der Waals surface area contributed by atoms with Crippen LogP contribution in [0.3, 0.4) is 0 Å². The smallest absolute Gasteiger partial charge is 0.222 e.